The first-order valence-corrected chi connectivity index (χ1v) is 12.7. The van der Waals surface area contributed by atoms with Gasteiger partial charge in [-0.1, -0.05) is 24.3 Å². The van der Waals surface area contributed by atoms with Gasteiger partial charge in [0.1, 0.15) is 0 Å². The lowest BCUT2D eigenvalue weighted by atomic mass is 10.1. The van der Waals surface area contributed by atoms with Crippen molar-refractivity contribution in [2.75, 3.05) is 37.8 Å². The number of carbonyl (C=O) groups excluding carboxylic acids is 1. The number of nitrogens with zero attached hydrogens (tertiary/aromatic N) is 1. The molecule has 0 aliphatic rings. The Kier molecular flexibility index (Phi) is 14.2. The number of carboxylic acid groups (broad SMARTS) is 2. The highest BCUT2D eigenvalue weighted by molar-refractivity contribution is 7.89. The predicted octanol–water partition coefficient (Wildman–Crippen LogP) is 1.82. The zero-order valence-corrected chi connectivity index (χ0v) is 22.5. The largest absolute Gasteiger partial charge is 0.490 e. The highest BCUT2D eigenvalue weighted by Gasteiger charge is 2.38. The molecule has 19 heteroatoms. The molecule has 0 aromatic heterocycles. The Morgan fingerprint density at radius 2 is 1.38 bits per heavy atom. The number of fused-ring (bicyclic) bond motifs is 1. The third-order valence-corrected chi connectivity index (χ3v) is 6.28. The van der Waals surface area contributed by atoms with Gasteiger partial charge in [-0.2, -0.15) is 39.0 Å². The maximum atomic E-state index is 12.7. The van der Waals surface area contributed by atoms with Crippen molar-refractivity contribution >= 4 is 57.0 Å². The van der Waals surface area contributed by atoms with Crippen LogP contribution in [0.2, 0.25) is 0 Å². The fourth-order valence-corrected chi connectivity index (χ4v) is 3.97. The van der Waals surface area contributed by atoms with Crippen LogP contribution in [0.25, 0.3) is 10.8 Å². The normalized spacial score (nSPS) is 12.2. The van der Waals surface area contributed by atoms with E-state index in [1.807, 2.05) is 37.2 Å². The highest BCUT2D eigenvalue weighted by Crippen LogP contribution is 2.30. The lowest BCUT2D eigenvalue weighted by Gasteiger charge is -2.17. The molecule has 0 spiro atoms. The van der Waals surface area contributed by atoms with Gasteiger partial charge in [-0.15, -0.1) is 0 Å². The summed E-state index contributed by atoms with van der Waals surface area (Å²) in [5, 5.41) is 18.3. The average Bonchev–Trinajstić information content (AvgIpc) is 2.84. The Bertz CT molecular complexity index is 1250. The summed E-state index contributed by atoms with van der Waals surface area (Å²) < 4.78 is 91.4. The van der Waals surface area contributed by atoms with E-state index < -0.39 is 40.4 Å². The van der Waals surface area contributed by atoms with Crippen LogP contribution >= 0.6 is 12.6 Å². The van der Waals surface area contributed by atoms with Gasteiger partial charge in [0.05, 0.1) is 10.9 Å². The topological polar surface area (TPSA) is 179 Å². The fourth-order valence-electron chi connectivity index (χ4n) is 2.55. The quantitative estimate of drug-likeness (QED) is 0.145. The summed E-state index contributed by atoms with van der Waals surface area (Å²) in [7, 11) is 0.0990. The van der Waals surface area contributed by atoms with Crippen LogP contribution in [0.1, 0.15) is 0 Å². The number of sulfonamides is 1. The molecule has 1 atom stereocenters. The number of anilines is 1. The summed E-state index contributed by atoms with van der Waals surface area (Å²) in [6.07, 6.45) is -10.2. The van der Waals surface area contributed by atoms with Gasteiger partial charge in [0, 0.05) is 49.4 Å². The van der Waals surface area contributed by atoms with Gasteiger partial charge >= 0.3 is 24.3 Å². The first kappa shape index (κ1) is 36.7. The molecule has 11 nitrogen and oxygen atoms in total. The van der Waals surface area contributed by atoms with Crippen molar-refractivity contribution in [2.24, 2.45) is 5.73 Å². The molecule has 0 fully saturated rings. The van der Waals surface area contributed by atoms with Gasteiger partial charge in [-0.25, -0.2) is 22.7 Å². The van der Waals surface area contributed by atoms with E-state index in [0.717, 1.165) is 11.1 Å². The fraction of sp³-hybridized carbons (Fsp3) is 0.381. The predicted molar refractivity (Wildman–Crippen MR) is 136 cm³/mol. The molecule has 2 aromatic carbocycles. The number of aliphatic carboxylic acids is 2. The number of alkyl halides is 6. The van der Waals surface area contributed by atoms with Crippen LogP contribution in [0.4, 0.5) is 32.0 Å². The van der Waals surface area contributed by atoms with Crippen molar-refractivity contribution < 1.29 is 59.4 Å². The minimum absolute atomic E-state index is 0.0666. The molecular weight excluding hydrogens is 598 g/mol. The standard InChI is InChI=1S/C17H24N4O3S2.2C2HF3O2/c1-21(2)15-7-3-6-13-12(15)5-4-8-16(13)26(23,24)20-10-9-19-17(22)14(18)11-25;2*3-2(4,5)1(6)7/h3-8,14,20,25H,9-11,18H2,1-2H3,(H,19,22);2*(H,6,7)/t14-;;/m0../s1. The van der Waals surface area contributed by atoms with Crippen molar-refractivity contribution in [1.29, 1.82) is 0 Å². The van der Waals surface area contributed by atoms with Gasteiger partial charge < -0.3 is 26.2 Å². The van der Waals surface area contributed by atoms with Crippen LogP contribution in [-0.4, -0.2) is 87.8 Å². The number of benzene rings is 2. The van der Waals surface area contributed by atoms with Crippen LogP contribution in [-0.2, 0) is 24.4 Å². The maximum absolute atomic E-state index is 12.7. The van der Waals surface area contributed by atoms with E-state index in [0.29, 0.717) is 5.39 Å². The van der Waals surface area contributed by atoms with Crippen LogP contribution in [0.15, 0.2) is 41.3 Å². The number of nitrogens with two attached hydrogens (primary N) is 1. The summed E-state index contributed by atoms with van der Waals surface area (Å²) in [5.41, 5.74) is 6.48. The van der Waals surface area contributed by atoms with Crippen LogP contribution < -0.4 is 20.7 Å². The number of hydrogen-bond acceptors (Lipinski definition) is 8. The Hall–Kier alpha value is -3.29. The SMILES string of the molecule is CN(C)c1cccc2c(S(=O)(=O)NCCNC(=O)[C@@H](N)CS)cccc12.O=C(O)C(F)(F)F.O=C(O)C(F)(F)F. The first-order chi connectivity index (χ1) is 18.2. The summed E-state index contributed by atoms with van der Waals surface area (Å²) in [6.45, 7) is 0.213. The minimum Gasteiger partial charge on any atom is -0.475 e. The minimum atomic E-state index is -5.08. The molecule has 2 aromatic rings. The second kappa shape index (κ2) is 15.5. The van der Waals surface area contributed by atoms with Gasteiger partial charge in [0.2, 0.25) is 15.9 Å². The van der Waals surface area contributed by atoms with Crippen LogP contribution in [0.3, 0.4) is 0 Å². The number of thiol groups is 1. The molecule has 0 saturated carbocycles. The van der Waals surface area contributed by atoms with Gasteiger partial charge in [-0.05, 0) is 12.1 Å². The Labute approximate surface area is 229 Å². The smallest absolute Gasteiger partial charge is 0.475 e. The third-order valence-electron chi connectivity index (χ3n) is 4.37. The number of amides is 1. The summed E-state index contributed by atoms with van der Waals surface area (Å²) in [4.78, 5) is 31.5. The highest BCUT2D eigenvalue weighted by atomic mass is 32.2. The second-order valence-corrected chi connectivity index (χ2v) is 9.71. The Morgan fingerprint density at radius 3 is 1.80 bits per heavy atom. The summed E-state index contributed by atoms with van der Waals surface area (Å²) in [5.74, 6) is -5.65. The average molecular weight is 625 g/mol. The van der Waals surface area contributed by atoms with Crippen molar-refractivity contribution in [1.82, 2.24) is 10.0 Å². The molecule has 40 heavy (non-hydrogen) atoms. The van der Waals surface area contributed by atoms with Crippen molar-refractivity contribution in [3.05, 3.63) is 36.4 Å². The lowest BCUT2D eigenvalue weighted by Crippen LogP contribution is -2.44. The van der Waals surface area contributed by atoms with E-state index in [-0.39, 0.29) is 29.6 Å². The van der Waals surface area contributed by atoms with Gasteiger partial charge in [-0.3, -0.25) is 4.79 Å². The van der Waals surface area contributed by atoms with E-state index in [1.54, 1.807) is 18.2 Å². The zero-order chi connectivity index (χ0) is 31.5. The number of nitrogens with one attached hydrogen (secondary N) is 2. The van der Waals surface area contributed by atoms with Crippen LogP contribution in [0, 0.1) is 0 Å². The molecule has 0 heterocycles. The number of carbonyl (C=O) groups is 3. The van der Waals surface area contributed by atoms with E-state index >= 15 is 0 Å². The molecule has 2 rings (SSSR count). The van der Waals surface area contributed by atoms with Crippen molar-refractivity contribution in [3.63, 3.8) is 0 Å². The molecule has 226 valence electrons. The Morgan fingerprint density at radius 1 is 0.925 bits per heavy atom. The molecule has 0 saturated heterocycles. The molecule has 6 N–H and O–H groups in total. The monoisotopic (exact) mass is 624 g/mol. The van der Waals surface area contributed by atoms with E-state index in [1.165, 1.54) is 0 Å². The maximum Gasteiger partial charge on any atom is 0.490 e. The second-order valence-electron chi connectivity index (χ2n) is 7.61. The lowest BCUT2D eigenvalue weighted by molar-refractivity contribution is -0.193. The van der Waals surface area contributed by atoms with E-state index in [4.69, 9.17) is 25.5 Å². The number of hydrogen-bond donors (Lipinski definition) is 6. The number of rotatable bonds is 8. The number of carboxylic acids is 2. The molecule has 0 aliphatic heterocycles. The van der Waals surface area contributed by atoms with E-state index in [9.17, 15) is 39.6 Å². The third kappa shape index (κ3) is 12.3. The molecule has 0 unspecified atom stereocenters. The van der Waals surface area contributed by atoms with Gasteiger partial charge in [0.15, 0.2) is 0 Å². The van der Waals surface area contributed by atoms with E-state index in [2.05, 4.69) is 22.7 Å². The molecule has 1 amide bonds. The first-order valence-electron chi connectivity index (χ1n) is 10.6. The zero-order valence-electron chi connectivity index (χ0n) is 20.7. The molecular formula is C21H26F6N4O7S2. The molecule has 0 radical (unpaired) electrons. The molecule has 0 aliphatic carbocycles. The number of halogens is 6. The van der Waals surface area contributed by atoms with Crippen LogP contribution in [0.5, 0.6) is 0 Å². The van der Waals surface area contributed by atoms with Crippen molar-refractivity contribution in [3.8, 4) is 0 Å². The summed E-state index contributed by atoms with van der Waals surface area (Å²) in [6, 6.07) is 10.0. The van der Waals surface area contributed by atoms with Crippen molar-refractivity contribution in [2.45, 2.75) is 23.3 Å². The Balaban J connectivity index is 0.000000894. The van der Waals surface area contributed by atoms with Gasteiger partial charge in [0.25, 0.3) is 0 Å². The summed E-state index contributed by atoms with van der Waals surface area (Å²) >= 11 is 3.95. The molecule has 0 bridgehead atoms.